The first-order chi connectivity index (χ1) is 9.08. The molecule has 0 amide bonds. The van der Waals surface area contributed by atoms with Gasteiger partial charge in [0.05, 0.1) is 27.9 Å². The number of nitrogens with two attached hydrogens (primary N) is 1. The molecule has 2 aromatic heterocycles. The molecule has 0 aliphatic rings. The number of carbonyl (C=O) groups is 1. The van der Waals surface area contributed by atoms with Crippen molar-refractivity contribution in [2.45, 2.75) is 27.2 Å². The number of nitrogens with zero attached hydrogens (tertiary/aromatic N) is 1. The number of aryl methyl sites for hydroxylation is 1. The zero-order chi connectivity index (χ0) is 14.0. The molecule has 6 heteroatoms. The molecule has 0 spiro atoms. The van der Waals surface area contributed by atoms with E-state index in [0.717, 1.165) is 27.6 Å². The van der Waals surface area contributed by atoms with Gasteiger partial charge >= 0.3 is 5.97 Å². The Kier molecular flexibility index (Phi) is 4.21. The molecule has 2 N–H and O–H groups in total. The molecule has 0 saturated heterocycles. The number of nitrogen functional groups attached to an aromatic ring is 1. The maximum absolute atomic E-state index is 11.9. The summed E-state index contributed by atoms with van der Waals surface area (Å²) in [4.78, 5) is 17.8. The smallest absolute Gasteiger partial charge is 0.350 e. The van der Waals surface area contributed by atoms with Gasteiger partial charge in [-0.3, -0.25) is 0 Å². The van der Waals surface area contributed by atoms with Crippen LogP contribution in [-0.4, -0.2) is 17.6 Å². The molecule has 2 heterocycles. The number of aromatic nitrogens is 1. The number of anilines is 1. The molecule has 19 heavy (non-hydrogen) atoms. The lowest BCUT2D eigenvalue weighted by Crippen LogP contribution is -2.05. The Morgan fingerprint density at radius 3 is 2.74 bits per heavy atom. The van der Waals surface area contributed by atoms with Crippen LogP contribution >= 0.6 is 22.7 Å². The molecular formula is C13H16N2O2S2. The van der Waals surface area contributed by atoms with Crippen molar-refractivity contribution in [2.75, 3.05) is 12.3 Å². The Morgan fingerprint density at radius 1 is 1.47 bits per heavy atom. The summed E-state index contributed by atoms with van der Waals surface area (Å²) < 4.78 is 5.04. The second-order valence-corrected chi connectivity index (χ2v) is 6.06. The van der Waals surface area contributed by atoms with Crippen LogP contribution in [0.5, 0.6) is 0 Å². The van der Waals surface area contributed by atoms with Crippen LogP contribution in [0, 0.1) is 6.92 Å². The first kappa shape index (κ1) is 14.0. The van der Waals surface area contributed by atoms with E-state index in [1.165, 1.54) is 11.3 Å². The number of thiophene rings is 1. The van der Waals surface area contributed by atoms with E-state index in [0.29, 0.717) is 17.2 Å². The molecule has 102 valence electrons. The molecule has 0 aromatic carbocycles. The summed E-state index contributed by atoms with van der Waals surface area (Å²) in [7, 11) is 0. The van der Waals surface area contributed by atoms with Crippen LogP contribution in [-0.2, 0) is 11.2 Å². The van der Waals surface area contributed by atoms with Gasteiger partial charge in [-0.05, 0) is 25.8 Å². The van der Waals surface area contributed by atoms with Crippen molar-refractivity contribution in [3.05, 3.63) is 20.8 Å². The standard InChI is InChI=1S/C13H16N2O2S2/c1-4-8-10(14)12(13(16)17-5-2)19-11(8)9-6-18-7(3)15-9/h6H,4-5,14H2,1-3H3. The quantitative estimate of drug-likeness (QED) is 0.877. The minimum absolute atomic E-state index is 0.349. The van der Waals surface area contributed by atoms with Crippen molar-refractivity contribution >= 4 is 34.3 Å². The molecule has 0 atom stereocenters. The van der Waals surface area contributed by atoms with Crippen LogP contribution in [0.25, 0.3) is 10.6 Å². The van der Waals surface area contributed by atoms with E-state index in [1.807, 2.05) is 19.2 Å². The third kappa shape index (κ3) is 2.64. The fourth-order valence-electron chi connectivity index (χ4n) is 1.85. The summed E-state index contributed by atoms with van der Waals surface area (Å²) in [5.41, 5.74) is 8.49. The Labute approximate surface area is 120 Å². The lowest BCUT2D eigenvalue weighted by atomic mass is 10.1. The van der Waals surface area contributed by atoms with Crippen LogP contribution in [0.3, 0.4) is 0 Å². The Bertz CT molecular complexity index is 602. The molecule has 0 fully saturated rings. The molecule has 0 aliphatic carbocycles. The van der Waals surface area contributed by atoms with Gasteiger partial charge in [0.15, 0.2) is 0 Å². The van der Waals surface area contributed by atoms with Gasteiger partial charge in [-0.1, -0.05) is 6.92 Å². The second kappa shape index (κ2) is 5.71. The second-order valence-electron chi connectivity index (χ2n) is 3.98. The number of ether oxygens (including phenoxy) is 1. The number of rotatable bonds is 4. The predicted molar refractivity (Wildman–Crippen MR) is 79.9 cm³/mol. The predicted octanol–water partition coefficient (Wildman–Crippen LogP) is 3.50. The van der Waals surface area contributed by atoms with E-state index in [9.17, 15) is 4.79 Å². The van der Waals surface area contributed by atoms with Crippen LogP contribution in [0.1, 0.15) is 34.1 Å². The summed E-state index contributed by atoms with van der Waals surface area (Å²) in [5, 5.41) is 3.00. The maximum atomic E-state index is 11.9. The summed E-state index contributed by atoms with van der Waals surface area (Å²) in [5.74, 6) is -0.349. The summed E-state index contributed by atoms with van der Waals surface area (Å²) >= 11 is 2.96. The van der Waals surface area contributed by atoms with E-state index in [4.69, 9.17) is 10.5 Å². The maximum Gasteiger partial charge on any atom is 0.350 e. The van der Waals surface area contributed by atoms with Gasteiger partial charge in [0.25, 0.3) is 0 Å². The number of hydrogen-bond donors (Lipinski definition) is 1. The molecule has 2 rings (SSSR count). The highest BCUT2D eigenvalue weighted by Gasteiger charge is 2.22. The zero-order valence-corrected chi connectivity index (χ0v) is 12.8. The highest BCUT2D eigenvalue weighted by molar-refractivity contribution is 7.18. The average molecular weight is 296 g/mol. The van der Waals surface area contributed by atoms with E-state index in [1.54, 1.807) is 18.3 Å². The SMILES string of the molecule is CCOC(=O)c1sc(-c2csc(C)n2)c(CC)c1N. The van der Waals surface area contributed by atoms with Crippen molar-refractivity contribution in [1.82, 2.24) is 4.98 Å². The summed E-state index contributed by atoms with van der Waals surface area (Å²) in [6.07, 6.45) is 0.771. The summed E-state index contributed by atoms with van der Waals surface area (Å²) in [6.45, 7) is 6.12. The average Bonchev–Trinajstić information content (AvgIpc) is 2.93. The molecule has 0 bridgehead atoms. The molecule has 4 nitrogen and oxygen atoms in total. The molecular weight excluding hydrogens is 280 g/mol. The lowest BCUT2D eigenvalue weighted by Gasteiger charge is -2.00. The van der Waals surface area contributed by atoms with Gasteiger partial charge in [-0.15, -0.1) is 22.7 Å². The minimum atomic E-state index is -0.349. The first-order valence-corrected chi connectivity index (χ1v) is 7.78. The molecule has 0 unspecified atom stereocenters. The monoisotopic (exact) mass is 296 g/mol. The Morgan fingerprint density at radius 2 is 2.21 bits per heavy atom. The van der Waals surface area contributed by atoms with Crippen molar-refractivity contribution in [3.63, 3.8) is 0 Å². The highest BCUT2D eigenvalue weighted by atomic mass is 32.1. The fraction of sp³-hybridized carbons (Fsp3) is 0.385. The largest absolute Gasteiger partial charge is 0.462 e. The van der Waals surface area contributed by atoms with Crippen LogP contribution in [0.15, 0.2) is 5.38 Å². The van der Waals surface area contributed by atoms with E-state index >= 15 is 0 Å². The van der Waals surface area contributed by atoms with Crippen molar-refractivity contribution in [1.29, 1.82) is 0 Å². The van der Waals surface area contributed by atoms with Crippen molar-refractivity contribution in [2.24, 2.45) is 0 Å². The topological polar surface area (TPSA) is 65.2 Å². The normalized spacial score (nSPS) is 10.7. The van der Waals surface area contributed by atoms with Crippen LogP contribution < -0.4 is 5.73 Å². The molecule has 0 aliphatic heterocycles. The zero-order valence-electron chi connectivity index (χ0n) is 11.1. The number of hydrogen-bond acceptors (Lipinski definition) is 6. The van der Waals surface area contributed by atoms with Crippen LogP contribution in [0.4, 0.5) is 5.69 Å². The lowest BCUT2D eigenvalue weighted by molar-refractivity contribution is 0.0533. The van der Waals surface area contributed by atoms with Gasteiger partial charge in [0, 0.05) is 5.38 Å². The van der Waals surface area contributed by atoms with Gasteiger partial charge in [-0.25, -0.2) is 9.78 Å². The van der Waals surface area contributed by atoms with E-state index < -0.39 is 0 Å². The highest BCUT2D eigenvalue weighted by Crippen LogP contribution is 2.39. The Hall–Kier alpha value is -1.40. The van der Waals surface area contributed by atoms with E-state index in [2.05, 4.69) is 4.98 Å². The van der Waals surface area contributed by atoms with Gasteiger partial charge in [0.1, 0.15) is 4.88 Å². The minimum Gasteiger partial charge on any atom is -0.462 e. The van der Waals surface area contributed by atoms with Gasteiger partial charge in [-0.2, -0.15) is 0 Å². The first-order valence-electron chi connectivity index (χ1n) is 6.09. The number of thiazole rings is 1. The Balaban J connectivity index is 2.50. The van der Waals surface area contributed by atoms with E-state index in [-0.39, 0.29) is 5.97 Å². The third-order valence-corrected chi connectivity index (χ3v) is 4.74. The van der Waals surface area contributed by atoms with Crippen LogP contribution in [0.2, 0.25) is 0 Å². The van der Waals surface area contributed by atoms with Crippen molar-refractivity contribution < 1.29 is 9.53 Å². The molecule has 2 aromatic rings. The number of esters is 1. The fourth-order valence-corrected chi connectivity index (χ4v) is 3.70. The van der Waals surface area contributed by atoms with Gasteiger partial charge < -0.3 is 10.5 Å². The summed E-state index contributed by atoms with van der Waals surface area (Å²) in [6, 6.07) is 0. The molecule has 0 radical (unpaired) electrons. The van der Waals surface area contributed by atoms with Crippen molar-refractivity contribution in [3.8, 4) is 10.6 Å². The third-order valence-electron chi connectivity index (χ3n) is 2.71. The van der Waals surface area contributed by atoms with Gasteiger partial charge in [0.2, 0.25) is 0 Å². The molecule has 0 saturated carbocycles. The number of carbonyl (C=O) groups excluding carboxylic acids is 1.